The Labute approximate surface area is 253 Å². The topological polar surface area (TPSA) is 93.5 Å². The van der Waals surface area contributed by atoms with Gasteiger partial charge in [0, 0.05) is 33.6 Å². The van der Waals surface area contributed by atoms with E-state index in [0.29, 0.717) is 29.5 Å². The van der Waals surface area contributed by atoms with E-state index in [0.717, 1.165) is 63.5 Å². The van der Waals surface area contributed by atoms with Gasteiger partial charge in [-0.2, -0.15) is 0 Å². The first-order valence-corrected chi connectivity index (χ1v) is 15.8. The van der Waals surface area contributed by atoms with E-state index < -0.39 is 11.6 Å². The Morgan fingerprint density at radius 3 is 2.02 bits per heavy atom. The fourth-order valence-electron chi connectivity index (χ4n) is 6.20. The van der Waals surface area contributed by atoms with Crippen molar-refractivity contribution >= 4 is 23.6 Å². The summed E-state index contributed by atoms with van der Waals surface area (Å²) in [7, 11) is 5.64. The number of aliphatic imine (C=N–C) groups is 1. The van der Waals surface area contributed by atoms with Crippen molar-refractivity contribution in [1.82, 2.24) is 14.7 Å². The summed E-state index contributed by atoms with van der Waals surface area (Å²) in [5, 5.41) is 9.34. The second-order valence-corrected chi connectivity index (χ2v) is 14.2. The predicted octanol–water partition coefficient (Wildman–Crippen LogP) is 6.47. The number of carboxylic acids is 1. The molecule has 1 heterocycles. The fraction of sp³-hybridized carbons (Fsp3) is 0.706. The van der Waals surface area contributed by atoms with Crippen LogP contribution in [0.4, 0.5) is 0 Å². The highest BCUT2D eigenvalue weighted by molar-refractivity contribution is 6.39. The van der Waals surface area contributed by atoms with Crippen LogP contribution in [0, 0.1) is 23.2 Å². The van der Waals surface area contributed by atoms with E-state index in [-0.39, 0.29) is 22.9 Å². The van der Waals surface area contributed by atoms with Gasteiger partial charge >= 0.3 is 5.97 Å². The van der Waals surface area contributed by atoms with Crippen LogP contribution in [0.15, 0.2) is 29.3 Å². The van der Waals surface area contributed by atoms with Gasteiger partial charge in [0.05, 0.1) is 11.6 Å². The summed E-state index contributed by atoms with van der Waals surface area (Å²) >= 11 is 0. The van der Waals surface area contributed by atoms with Gasteiger partial charge in [0.15, 0.2) is 5.84 Å². The van der Waals surface area contributed by atoms with E-state index in [1.54, 1.807) is 17.0 Å². The van der Waals surface area contributed by atoms with Crippen LogP contribution in [0.25, 0.3) is 0 Å². The number of aromatic carboxylic acids is 1. The van der Waals surface area contributed by atoms with Crippen LogP contribution < -0.4 is 0 Å². The summed E-state index contributed by atoms with van der Waals surface area (Å²) in [6.07, 6.45) is 7.86. The molecule has 1 atom stereocenters. The smallest absolute Gasteiger partial charge is 0.335 e. The normalized spacial score (nSPS) is 22.9. The minimum Gasteiger partial charge on any atom is -0.478 e. The summed E-state index contributed by atoms with van der Waals surface area (Å²) in [6.45, 7) is 14.1. The number of carbonyl (C=O) groups is 3. The van der Waals surface area contributed by atoms with Crippen LogP contribution >= 0.6 is 0 Å². The maximum atomic E-state index is 13.8. The molecule has 42 heavy (non-hydrogen) atoms. The number of amidine groups is 1. The lowest BCUT2D eigenvalue weighted by Gasteiger charge is -2.47. The van der Waals surface area contributed by atoms with Crippen molar-refractivity contribution in [2.75, 3.05) is 27.7 Å². The summed E-state index contributed by atoms with van der Waals surface area (Å²) in [5.41, 5.74) is 0.972. The van der Waals surface area contributed by atoms with Crippen molar-refractivity contribution in [3.63, 3.8) is 0 Å². The van der Waals surface area contributed by atoms with E-state index in [4.69, 9.17) is 4.99 Å². The Morgan fingerprint density at radius 1 is 1.02 bits per heavy atom. The van der Waals surface area contributed by atoms with E-state index in [1.165, 1.54) is 0 Å². The summed E-state index contributed by atoms with van der Waals surface area (Å²) in [4.78, 5) is 47.0. The molecule has 8 nitrogen and oxygen atoms in total. The van der Waals surface area contributed by atoms with Crippen molar-refractivity contribution in [3.8, 4) is 0 Å². The summed E-state index contributed by atoms with van der Waals surface area (Å²) in [6, 6.07) is 6.93. The standard InChI is InChI=1S/C27H41N3O3.C7H13NO/c1-18(2)8-13-22(19-9-11-20(12-10-19)25(32)33)30-24(31)23(29(6)7)28-27(30)16-14-21(15-17-27)26(3,4)5;1-3-8(2)7(9)6-4-5-6/h9-12,18,21-22H,8,13-17H2,1-7H3,(H,32,33);6H,3-5H2,1-2H3. The Balaban J connectivity index is 0.000000458. The van der Waals surface area contributed by atoms with Crippen molar-refractivity contribution in [1.29, 1.82) is 0 Å². The molecular formula is C34H54N4O4. The zero-order valence-corrected chi connectivity index (χ0v) is 27.4. The maximum Gasteiger partial charge on any atom is 0.335 e. The number of rotatable bonds is 8. The van der Waals surface area contributed by atoms with Crippen molar-refractivity contribution in [2.24, 2.45) is 28.2 Å². The highest BCUT2D eigenvalue weighted by atomic mass is 16.4. The molecule has 1 aromatic carbocycles. The molecule has 1 unspecified atom stereocenters. The first kappa shape index (κ1) is 33.6. The summed E-state index contributed by atoms with van der Waals surface area (Å²) < 4.78 is 0. The van der Waals surface area contributed by atoms with Gasteiger partial charge in [-0.3, -0.25) is 9.59 Å². The molecule has 234 valence electrons. The lowest BCUT2D eigenvalue weighted by molar-refractivity contribution is -0.134. The first-order valence-electron chi connectivity index (χ1n) is 15.8. The van der Waals surface area contributed by atoms with Crippen LogP contribution in [-0.2, 0) is 9.59 Å². The van der Waals surface area contributed by atoms with E-state index in [2.05, 4.69) is 39.5 Å². The molecule has 0 bridgehead atoms. The molecule has 2 amide bonds. The molecule has 1 aromatic rings. The van der Waals surface area contributed by atoms with Gasteiger partial charge in [0.1, 0.15) is 5.66 Å². The van der Waals surface area contributed by atoms with Gasteiger partial charge in [-0.25, -0.2) is 9.79 Å². The molecular weight excluding hydrogens is 528 g/mol. The highest BCUT2D eigenvalue weighted by Crippen LogP contribution is 2.49. The minimum absolute atomic E-state index is 0.00900. The summed E-state index contributed by atoms with van der Waals surface area (Å²) in [5.74, 6) is 1.42. The number of likely N-dealkylation sites (N-methyl/N-ethyl adjacent to an activating group) is 1. The second-order valence-electron chi connectivity index (χ2n) is 14.2. The third kappa shape index (κ3) is 7.93. The average molecular weight is 583 g/mol. The number of nitrogens with zero attached hydrogens (tertiary/aromatic N) is 4. The maximum absolute atomic E-state index is 13.8. The largest absolute Gasteiger partial charge is 0.478 e. The lowest BCUT2D eigenvalue weighted by atomic mass is 9.69. The average Bonchev–Trinajstić information content (AvgIpc) is 3.74. The number of hydrogen-bond acceptors (Lipinski definition) is 5. The van der Waals surface area contributed by atoms with Crippen LogP contribution in [0.2, 0.25) is 0 Å². The highest BCUT2D eigenvalue weighted by Gasteiger charge is 2.53. The lowest BCUT2D eigenvalue weighted by Crippen LogP contribution is -2.52. The zero-order chi connectivity index (χ0) is 31.4. The second kappa shape index (κ2) is 13.6. The fourth-order valence-corrected chi connectivity index (χ4v) is 6.20. The Morgan fingerprint density at radius 2 is 1.60 bits per heavy atom. The van der Waals surface area contributed by atoms with Gasteiger partial charge in [0.2, 0.25) is 5.91 Å². The van der Waals surface area contributed by atoms with Crippen LogP contribution in [-0.4, -0.2) is 76.8 Å². The zero-order valence-electron chi connectivity index (χ0n) is 27.4. The number of hydrogen-bond donors (Lipinski definition) is 1. The third-order valence-corrected chi connectivity index (χ3v) is 9.26. The number of benzene rings is 1. The first-order chi connectivity index (χ1) is 19.6. The monoisotopic (exact) mass is 582 g/mol. The minimum atomic E-state index is -0.937. The van der Waals surface area contributed by atoms with Crippen molar-refractivity contribution in [3.05, 3.63) is 35.4 Å². The Bertz CT molecular complexity index is 1120. The molecule has 1 spiro atoms. The molecule has 3 aliphatic rings. The van der Waals surface area contributed by atoms with Gasteiger partial charge < -0.3 is 19.8 Å². The molecule has 0 aromatic heterocycles. The predicted molar refractivity (Wildman–Crippen MR) is 168 cm³/mol. The number of carboxylic acid groups (broad SMARTS) is 1. The quantitative estimate of drug-likeness (QED) is 0.379. The molecule has 1 N–H and O–H groups in total. The molecule has 2 saturated carbocycles. The van der Waals surface area contributed by atoms with Gasteiger partial charge in [-0.05, 0) is 93.2 Å². The van der Waals surface area contributed by atoms with Crippen LogP contribution in [0.1, 0.15) is 115 Å². The van der Waals surface area contributed by atoms with Gasteiger partial charge in [0.25, 0.3) is 5.91 Å². The number of amides is 2. The van der Waals surface area contributed by atoms with Crippen molar-refractivity contribution < 1.29 is 19.5 Å². The molecule has 2 fully saturated rings. The molecule has 4 rings (SSSR count). The Kier molecular flexibility index (Phi) is 10.9. The molecule has 1 aliphatic heterocycles. The van der Waals surface area contributed by atoms with Crippen molar-refractivity contribution in [2.45, 2.75) is 105 Å². The molecule has 2 aliphatic carbocycles. The molecule has 8 heteroatoms. The van der Waals surface area contributed by atoms with Crippen LogP contribution in [0.5, 0.6) is 0 Å². The van der Waals surface area contributed by atoms with E-state index >= 15 is 0 Å². The Hall–Kier alpha value is -2.90. The molecule has 0 radical (unpaired) electrons. The number of carbonyl (C=O) groups excluding carboxylic acids is 2. The van der Waals surface area contributed by atoms with Gasteiger partial charge in [-0.15, -0.1) is 0 Å². The third-order valence-electron chi connectivity index (χ3n) is 9.26. The SMILES string of the molecule is CC(C)CCC(c1ccc(C(=O)O)cc1)N1C(=O)C(N(C)C)=NC12CCC(C(C)(C)C)CC2.CCN(C)C(=O)C1CC1. The van der Waals surface area contributed by atoms with E-state index in [9.17, 15) is 19.5 Å². The van der Waals surface area contributed by atoms with Crippen LogP contribution in [0.3, 0.4) is 0 Å². The van der Waals surface area contributed by atoms with E-state index in [1.807, 2.05) is 45.1 Å². The van der Waals surface area contributed by atoms with Gasteiger partial charge in [-0.1, -0.05) is 46.8 Å². The molecule has 0 saturated heterocycles.